The van der Waals surface area contributed by atoms with Crippen molar-refractivity contribution in [3.63, 3.8) is 0 Å². The van der Waals surface area contributed by atoms with Gasteiger partial charge in [0.15, 0.2) is 9.92 Å². The molecule has 2 N–H and O–H groups in total. The Labute approximate surface area is 193 Å². The quantitative estimate of drug-likeness (QED) is 0.694. The highest BCUT2D eigenvalue weighted by atomic mass is 32.2. The molecule has 0 saturated heterocycles. The third kappa shape index (κ3) is 3.69. The van der Waals surface area contributed by atoms with Gasteiger partial charge in [-0.25, -0.2) is 18.7 Å². The summed E-state index contributed by atoms with van der Waals surface area (Å²) in [5.74, 6) is 0.405. The van der Waals surface area contributed by atoms with Gasteiger partial charge in [0.05, 0.1) is 11.9 Å². The van der Waals surface area contributed by atoms with Crippen LogP contribution in [0.5, 0.6) is 0 Å². The summed E-state index contributed by atoms with van der Waals surface area (Å²) < 4.78 is 21.4. The molecule has 3 aliphatic rings. The minimum absolute atomic E-state index is 0.377. The minimum atomic E-state index is -3.17. The van der Waals surface area contributed by atoms with Gasteiger partial charge in [0.1, 0.15) is 14.8 Å². The number of rotatable bonds is 3. The van der Waals surface area contributed by atoms with Crippen LogP contribution in [0.2, 0.25) is 0 Å². The molecule has 2 atom stereocenters. The fourth-order valence-corrected chi connectivity index (χ4v) is 7.97. The predicted octanol–water partition coefficient (Wildman–Crippen LogP) is 4.27. The number of benzene rings is 1. The molecular weight excluding hydrogens is 444 g/mol. The molecule has 0 radical (unpaired) electrons. The molecule has 1 aromatic carbocycles. The van der Waals surface area contributed by atoms with Gasteiger partial charge in [-0.3, -0.25) is 4.90 Å². The molecule has 2 aromatic rings. The molecule has 32 heavy (non-hydrogen) atoms. The van der Waals surface area contributed by atoms with Gasteiger partial charge in [0.2, 0.25) is 0 Å². The van der Waals surface area contributed by atoms with Crippen LogP contribution in [0.1, 0.15) is 73.2 Å². The lowest BCUT2D eigenvalue weighted by Crippen LogP contribution is -2.38. The molecule has 0 bridgehead atoms. The number of thiazole rings is 1. The van der Waals surface area contributed by atoms with Crippen LogP contribution in [-0.4, -0.2) is 33.4 Å². The number of anilines is 1. The molecule has 2 aliphatic carbocycles. The van der Waals surface area contributed by atoms with Crippen molar-refractivity contribution in [1.29, 1.82) is 0 Å². The first-order valence-electron chi connectivity index (χ1n) is 11.4. The molecule has 0 saturated carbocycles. The second-order valence-corrected chi connectivity index (χ2v) is 12.8. The summed E-state index contributed by atoms with van der Waals surface area (Å²) in [5, 5.41) is 10.7. The molecule has 0 spiro atoms. The van der Waals surface area contributed by atoms with E-state index in [2.05, 4.69) is 27.1 Å². The van der Waals surface area contributed by atoms with E-state index in [4.69, 9.17) is 0 Å². The fraction of sp³-hybridized carbons (Fsp3) is 0.565. The first-order chi connectivity index (χ1) is 15.2. The van der Waals surface area contributed by atoms with E-state index in [0.29, 0.717) is 34.6 Å². The van der Waals surface area contributed by atoms with Gasteiger partial charge < -0.3 is 5.11 Å². The number of hydrogen-bond donors (Lipinski definition) is 2. The van der Waals surface area contributed by atoms with Crippen molar-refractivity contribution >= 4 is 33.0 Å². The van der Waals surface area contributed by atoms with Gasteiger partial charge >= 0.3 is 6.03 Å². The van der Waals surface area contributed by atoms with Crippen LogP contribution >= 0.6 is 11.3 Å². The van der Waals surface area contributed by atoms with Crippen molar-refractivity contribution in [2.75, 3.05) is 18.0 Å². The predicted molar refractivity (Wildman–Crippen MR) is 127 cm³/mol. The number of nitrogens with zero attached hydrogens (tertiary/aromatic N) is 3. The third-order valence-electron chi connectivity index (χ3n) is 6.68. The van der Waals surface area contributed by atoms with Crippen LogP contribution in [0.4, 0.5) is 10.5 Å². The average molecular weight is 475 g/mol. The molecule has 0 fully saturated rings. The van der Waals surface area contributed by atoms with Crippen molar-refractivity contribution in [2.24, 2.45) is 4.36 Å². The summed E-state index contributed by atoms with van der Waals surface area (Å²) >= 11 is 1.14. The van der Waals surface area contributed by atoms with E-state index in [1.165, 1.54) is 28.5 Å². The second kappa shape index (κ2) is 7.90. The largest absolute Gasteiger partial charge is 0.383 e. The first kappa shape index (κ1) is 22.0. The van der Waals surface area contributed by atoms with Gasteiger partial charge in [-0.05, 0) is 80.5 Å². The van der Waals surface area contributed by atoms with Crippen LogP contribution in [-0.2, 0) is 34.8 Å². The Kier molecular flexibility index (Phi) is 5.43. The Morgan fingerprint density at radius 1 is 1.25 bits per heavy atom. The van der Waals surface area contributed by atoms with E-state index in [9.17, 15) is 14.1 Å². The van der Waals surface area contributed by atoms with Crippen molar-refractivity contribution in [3.05, 3.63) is 39.5 Å². The Bertz CT molecular complexity index is 1200. The summed E-state index contributed by atoms with van der Waals surface area (Å²) in [6, 6.07) is 1.90. The van der Waals surface area contributed by atoms with Crippen molar-refractivity contribution < 1.29 is 14.1 Å². The highest BCUT2D eigenvalue weighted by Crippen LogP contribution is 2.46. The number of aliphatic hydroxyl groups is 1. The SMILES string of the molecule is CC1CCc2cc3c(c(N4CCCNS(=O)(c5cnc(C(C)(C)O)s5)=NC4=O)c21)CCC3. The van der Waals surface area contributed by atoms with Crippen LogP contribution < -0.4 is 9.62 Å². The van der Waals surface area contributed by atoms with Gasteiger partial charge in [0.25, 0.3) is 0 Å². The number of amides is 2. The molecule has 2 amide bonds. The summed E-state index contributed by atoms with van der Waals surface area (Å²) in [6.45, 7) is 6.54. The van der Waals surface area contributed by atoms with Gasteiger partial charge in [-0.1, -0.05) is 13.0 Å². The summed E-state index contributed by atoms with van der Waals surface area (Å²) in [5.41, 5.74) is 5.19. The number of aromatic nitrogens is 1. The lowest BCUT2D eigenvalue weighted by Gasteiger charge is -2.29. The van der Waals surface area contributed by atoms with Crippen molar-refractivity contribution in [1.82, 2.24) is 9.71 Å². The van der Waals surface area contributed by atoms with Gasteiger partial charge in [-0.2, -0.15) is 0 Å². The Morgan fingerprint density at radius 3 is 2.81 bits per heavy atom. The number of carbonyl (C=O) groups is 1. The third-order valence-corrected chi connectivity index (χ3v) is 10.4. The van der Waals surface area contributed by atoms with Gasteiger partial charge in [-0.15, -0.1) is 15.7 Å². The van der Waals surface area contributed by atoms with Crippen LogP contribution in [0, 0.1) is 0 Å². The van der Waals surface area contributed by atoms with E-state index in [0.717, 1.165) is 49.1 Å². The van der Waals surface area contributed by atoms with Gasteiger partial charge in [0, 0.05) is 13.1 Å². The highest BCUT2D eigenvalue weighted by molar-refractivity contribution is 7.94. The van der Waals surface area contributed by atoms with E-state index >= 15 is 0 Å². The van der Waals surface area contributed by atoms with E-state index in [-0.39, 0.29) is 0 Å². The standard InChI is InChI=1S/C23H30N4O3S2/c1-14-8-9-16-12-15-6-4-7-17(15)20(19(14)16)27-11-5-10-25-32(30,26-22(27)28)18-13-24-21(31-18)23(2,3)29/h12-14,29H,4-11H2,1-3H3,(H,25,26,28,30). The maximum atomic E-state index is 13.8. The summed E-state index contributed by atoms with van der Waals surface area (Å²) in [7, 11) is -3.17. The molecule has 5 rings (SSSR count). The molecule has 9 heteroatoms. The lowest BCUT2D eigenvalue weighted by molar-refractivity contribution is 0.0783. The smallest absolute Gasteiger partial charge is 0.357 e. The minimum Gasteiger partial charge on any atom is -0.383 e. The molecule has 1 aliphatic heterocycles. The number of nitrogens with one attached hydrogen (secondary N) is 1. The first-order valence-corrected chi connectivity index (χ1v) is 13.7. The zero-order chi connectivity index (χ0) is 22.7. The molecular formula is C23H30N4O3S2. The topological polar surface area (TPSA) is 94.9 Å². The number of aryl methyl sites for hydroxylation is 2. The lowest BCUT2D eigenvalue weighted by atomic mass is 9.94. The van der Waals surface area contributed by atoms with Crippen molar-refractivity contribution in [2.45, 2.75) is 75.0 Å². The Hall–Kier alpha value is -1.81. The second-order valence-electron chi connectivity index (χ2n) is 9.57. The number of urea groups is 1. The maximum Gasteiger partial charge on any atom is 0.357 e. The molecule has 1 aromatic heterocycles. The highest BCUT2D eigenvalue weighted by Gasteiger charge is 2.34. The van der Waals surface area contributed by atoms with E-state index in [1.54, 1.807) is 18.7 Å². The van der Waals surface area contributed by atoms with Crippen molar-refractivity contribution in [3.8, 4) is 0 Å². The monoisotopic (exact) mass is 474 g/mol. The summed E-state index contributed by atoms with van der Waals surface area (Å²) in [4.78, 5) is 19.6. The molecule has 2 heterocycles. The van der Waals surface area contributed by atoms with E-state index < -0.39 is 21.5 Å². The normalized spacial score (nSPS) is 25.8. The number of fused-ring (bicyclic) bond motifs is 2. The number of carbonyl (C=O) groups excluding carboxylic acids is 1. The molecule has 172 valence electrons. The molecule has 7 nitrogen and oxygen atoms in total. The van der Waals surface area contributed by atoms with Crippen LogP contribution in [0.25, 0.3) is 0 Å². The van der Waals surface area contributed by atoms with E-state index in [1.807, 2.05) is 0 Å². The Morgan fingerprint density at radius 2 is 2.06 bits per heavy atom. The average Bonchev–Trinajstić information content (AvgIpc) is 3.45. The summed E-state index contributed by atoms with van der Waals surface area (Å²) in [6.07, 6.45) is 7.45. The molecule has 2 unspecified atom stereocenters. The van der Waals surface area contributed by atoms with Crippen LogP contribution in [0.15, 0.2) is 20.8 Å². The Balaban J connectivity index is 1.61. The zero-order valence-electron chi connectivity index (χ0n) is 18.8. The maximum absolute atomic E-state index is 13.8. The fourth-order valence-electron chi connectivity index (χ4n) is 5.11. The van der Waals surface area contributed by atoms with Crippen LogP contribution in [0.3, 0.4) is 0 Å². The zero-order valence-corrected chi connectivity index (χ0v) is 20.4. The number of hydrogen-bond acceptors (Lipinski definition) is 5.